The van der Waals surface area contributed by atoms with Crippen molar-refractivity contribution in [1.82, 2.24) is 34.5 Å². The smallest absolute Gasteiger partial charge is 0.248 e. The van der Waals surface area contributed by atoms with E-state index in [4.69, 9.17) is 0 Å². The van der Waals surface area contributed by atoms with Crippen LogP contribution in [0.15, 0.2) is 41.3 Å². The summed E-state index contributed by atoms with van der Waals surface area (Å²) in [5, 5.41) is 7.96. The van der Waals surface area contributed by atoms with Crippen molar-refractivity contribution in [2.75, 3.05) is 25.0 Å². The second-order valence-electron chi connectivity index (χ2n) is 12.8. The fourth-order valence-electron chi connectivity index (χ4n) is 7.06. The van der Waals surface area contributed by atoms with Gasteiger partial charge in [0.2, 0.25) is 11.8 Å². The predicted molar refractivity (Wildman–Crippen MR) is 173 cm³/mol. The first kappa shape index (κ1) is 30.5. The number of carbonyl (C=O) groups excluding carboxylic acids is 3. The number of piperidine rings is 1. The van der Waals surface area contributed by atoms with Gasteiger partial charge < -0.3 is 15.1 Å². The molecule has 0 bridgehead atoms. The average Bonchev–Trinajstić information content (AvgIpc) is 3.41. The summed E-state index contributed by atoms with van der Waals surface area (Å²) in [4.78, 5) is 57.8. The van der Waals surface area contributed by atoms with Gasteiger partial charge in [0.15, 0.2) is 5.78 Å². The molecule has 2 saturated heterocycles. The number of nitrogens with zero attached hydrogens (tertiary/aromatic N) is 7. The minimum Gasteiger partial charge on any atom is -0.325 e. The number of carbonyl (C=O) groups is 3. The molecule has 0 unspecified atom stereocenters. The summed E-state index contributed by atoms with van der Waals surface area (Å²) in [7, 11) is 0. The molecule has 3 aromatic heterocycles. The number of alkyl halides is 1. The fraction of sp³-hybridized carbons (Fsp3) is 0.424. The Morgan fingerprint density at radius 3 is 2.52 bits per heavy atom. The number of likely N-dealkylation sites (tertiary alicyclic amines) is 2. The topological polar surface area (TPSA) is 126 Å². The number of halogens is 2. The van der Waals surface area contributed by atoms with Gasteiger partial charge in [0.05, 0.1) is 5.52 Å². The van der Waals surface area contributed by atoms with E-state index < -0.39 is 12.7 Å². The Labute approximate surface area is 273 Å². The minimum atomic E-state index is -0.830. The number of rotatable bonds is 9. The van der Waals surface area contributed by atoms with Crippen molar-refractivity contribution in [2.45, 2.75) is 65.3 Å². The minimum absolute atomic E-state index is 0.0872. The summed E-state index contributed by atoms with van der Waals surface area (Å²) in [5.41, 5.74) is 2.81. The number of benzene rings is 1. The van der Waals surface area contributed by atoms with E-state index in [0.717, 1.165) is 38.0 Å². The van der Waals surface area contributed by atoms with Gasteiger partial charge in [0, 0.05) is 53.8 Å². The average molecular weight is 690 g/mol. The second-order valence-corrected chi connectivity index (χ2v) is 13.6. The number of pyridine rings is 1. The molecule has 4 aromatic rings. The van der Waals surface area contributed by atoms with Gasteiger partial charge >= 0.3 is 0 Å². The SMILES string of the molecule is CC(=O)c1nn(CC(=O)N2[C@H](C(=O)Nc3nc(Br)ccc3C)C[C@@]3(CN4CCC4)C[C@@H]23)c2c(CF)cc(-c3cnc(C)nc3)cc12. The third-order valence-electron chi connectivity index (χ3n) is 9.60. The first-order chi connectivity index (χ1) is 22.1. The fourth-order valence-corrected chi connectivity index (χ4v) is 7.37. The number of ketones is 1. The van der Waals surface area contributed by atoms with E-state index in [2.05, 4.69) is 46.2 Å². The molecular formula is C33H34BrFN8O3. The van der Waals surface area contributed by atoms with Gasteiger partial charge in [-0.05, 0) is 91.5 Å². The van der Waals surface area contributed by atoms with E-state index in [9.17, 15) is 18.8 Å². The Bertz CT molecular complexity index is 1890. The van der Waals surface area contributed by atoms with Gasteiger partial charge in [-0.25, -0.2) is 19.3 Å². The summed E-state index contributed by atoms with van der Waals surface area (Å²) in [6.45, 7) is 6.87. The van der Waals surface area contributed by atoms with Crippen molar-refractivity contribution in [2.24, 2.45) is 5.41 Å². The maximum Gasteiger partial charge on any atom is 0.248 e. The van der Waals surface area contributed by atoms with Crippen LogP contribution in [0.3, 0.4) is 0 Å². The molecule has 7 rings (SSSR count). The van der Waals surface area contributed by atoms with Crippen LogP contribution in [0.1, 0.15) is 53.6 Å². The quantitative estimate of drug-likeness (QED) is 0.199. The molecule has 0 spiro atoms. The van der Waals surface area contributed by atoms with Crippen molar-refractivity contribution < 1.29 is 18.8 Å². The van der Waals surface area contributed by atoms with Crippen molar-refractivity contribution in [3.8, 4) is 11.1 Å². The largest absolute Gasteiger partial charge is 0.325 e. The highest BCUT2D eigenvalue weighted by Crippen LogP contribution is 2.60. The van der Waals surface area contributed by atoms with Crippen molar-refractivity contribution in [1.29, 1.82) is 0 Å². The molecule has 238 valence electrons. The monoisotopic (exact) mass is 688 g/mol. The molecule has 1 N–H and O–H groups in total. The van der Waals surface area contributed by atoms with Gasteiger partial charge in [-0.1, -0.05) is 6.07 Å². The first-order valence-electron chi connectivity index (χ1n) is 15.4. The van der Waals surface area contributed by atoms with Gasteiger partial charge in [-0.2, -0.15) is 5.10 Å². The number of aromatic nitrogens is 5. The van der Waals surface area contributed by atoms with Gasteiger partial charge in [-0.3, -0.25) is 19.1 Å². The summed E-state index contributed by atoms with van der Waals surface area (Å²) in [6, 6.07) is 6.34. The number of Topliss-reactive ketones (excluding diaryl/α,β-unsaturated/α-hetero) is 1. The van der Waals surface area contributed by atoms with Crippen molar-refractivity contribution in [3.05, 3.63) is 63.9 Å². The second kappa shape index (κ2) is 11.6. The molecule has 3 atom stereocenters. The van der Waals surface area contributed by atoms with E-state index in [0.29, 0.717) is 50.3 Å². The van der Waals surface area contributed by atoms with Crippen LogP contribution in [0.2, 0.25) is 0 Å². The molecule has 5 heterocycles. The molecule has 3 aliphatic rings. The molecule has 2 amide bonds. The number of fused-ring (bicyclic) bond motifs is 2. The Kier molecular flexibility index (Phi) is 7.71. The number of amides is 2. The maximum absolute atomic E-state index is 14.6. The molecule has 2 aliphatic heterocycles. The van der Waals surface area contributed by atoms with Gasteiger partial charge in [-0.15, -0.1) is 0 Å². The molecular weight excluding hydrogens is 655 g/mol. The van der Waals surface area contributed by atoms with Gasteiger partial charge in [0.25, 0.3) is 0 Å². The number of hydrogen-bond donors (Lipinski definition) is 1. The lowest BCUT2D eigenvalue weighted by molar-refractivity contribution is -0.138. The number of nitrogens with one attached hydrogen (secondary N) is 1. The summed E-state index contributed by atoms with van der Waals surface area (Å²) < 4.78 is 16.7. The standard InChI is InChI=1S/C33H34BrFN8O3/c1-18-5-6-27(34)38-31(18)39-32(46)25-11-33(17-41-7-4-8-41)12-26(33)43(25)28(45)16-42-30-22(13-35)9-21(23-14-36-20(3)37-15-23)10-24(30)29(40-42)19(2)44/h5-6,9-10,14-15,25-26H,4,7-8,11-13,16-17H2,1-3H3,(H,38,39,46)/t25-,26+,33-/m0/s1. The zero-order valence-electron chi connectivity index (χ0n) is 25.9. The van der Waals surface area contributed by atoms with Crippen LogP contribution in [-0.4, -0.2) is 83.8 Å². The summed E-state index contributed by atoms with van der Waals surface area (Å²) >= 11 is 3.37. The number of aryl methyl sites for hydroxylation is 2. The zero-order valence-corrected chi connectivity index (χ0v) is 27.5. The molecule has 13 heteroatoms. The van der Waals surface area contributed by atoms with E-state index in [1.807, 2.05) is 13.0 Å². The molecule has 1 aromatic carbocycles. The first-order valence-corrected chi connectivity index (χ1v) is 16.2. The van der Waals surface area contributed by atoms with Crippen LogP contribution < -0.4 is 5.32 Å². The van der Waals surface area contributed by atoms with E-state index >= 15 is 0 Å². The molecule has 46 heavy (non-hydrogen) atoms. The molecule has 3 fully saturated rings. The van der Waals surface area contributed by atoms with E-state index in [1.54, 1.807) is 42.4 Å². The normalized spacial score (nSPS) is 22.1. The zero-order chi connectivity index (χ0) is 32.3. The molecule has 0 radical (unpaired) electrons. The lowest BCUT2D eigenvalue weighted by Crippen LogP contribution is -2.47. The number of hydrogen-bond acceptors (Lipinski definition) is 8. The number of anilines is 1. The maximum atomic E-state index is 14.6. The molecule has 1 aliphatic carbocycles. The highest BCUT2D eigenvalue weighted by molar-refractivity contribution is 9.10. The summed E-state index contributed by atoms with van der Waals surface area (Å²) in [6.07, 6.45) is 5.83. The third kappa shape index (κ3) is 5.38. The van der Waals surface area contributed by atoms with Crippen LogP contribution in [-0.2, 0) is 22.8 Å². The van der Waals surface area contributed by atoms with Gasteiger partial charge in [0.1, 0.15) is 41.2 Å². The van der Waals surface area contributed by atoms with Crippen molar-refractivity contribution in [3.63, 3.8) is 0 Å². The Morgan fingerprint density at radius 2 is 1.85 bits per heavy atom. The van der Waals surface area contributed by atoms with Crippen LogP contribution in [0.25, 0.3) is 22.0 Å². The third-order valence-corrected chi connectivity index (χ3v) is 10.0. The Hall–Kier alpha value is -4.10. The predicted octanol–water partition coefficient (Wildman–Crippen LogP) is 4.64. The van der Waals surface area contributed by atoms with E-state index in [-0.39, 0.29) is 41.3 Å². The van der Waals surface area contributed by atoms with Crippen LogP contribution in [0, 0.1) is 19.3 Å². The van der Waals surface area contributed by atoms with Crippen molar-refractivity contribution >= 4 is 50.2 Å². The highest BCUT2D eigenvalue weighted by Gasteiger charge is 2.67. The van der Waals surface area contributed by atoms with Crippen LogP contribution in [0.4, 0.5) is 10.2 Å². The molecule has 1 saturated carbocycles. The Morgan fingerprint density at radius 1 is 1.09 bits per heavy atom. The lowest BCUT2D eigenvalue weighted by Gasteiger charge is -2.33. The van der Waals surface area contributed by atoms with E-state index in [1.165, 1.54) is 11.6 Å². The summed E-state index contributed by atoms with van der Waals surface area (Å²) in [5.74, 6) is 0.154. The Balaban J connectivity index is 1.23. The lowest BCUT2D eigenvalue weighted by atomic mass is 9.97. The van der Waals surface area contributed by atoms with Crippen LogP contribution >= 0.6 is 15.9 Å². The molecule has 11 nitrogen and oxygen atoms in total. The van der Waals surface area contributed by atoms with Crippen LogP contribution in [0.5, 0.6) is 0 Å². The highest BCUT2D eigenvalue weighted by atomic mass is 79.9.